The molecule has 1 atom stereocenters. The Kier molecular flexibility index (Phi) is 4.63. The van der Waals surface area contributed by atoms with Gasteiger partial charge in [-0.1, -0.05) is 0 Å². The van der Waals surface area contributed by atoms with E-state index in [1.165, 1.54) is 0 Å². The van der Waals surface area contributed by atoms with Crippen molar-refractivity contribution in [2.24, 2.45) is 5.92 Å². The Hall–Kier alpha value is -1.75. The lowest BCUT2D eigenvalue weighted by atomic mass is 10.0. The summed E-state index contributed by atoms with van der Waals surface area (Å²) in [6.45, 7) is 2.32. The average Bonchev–Trinajstić information content (AvgIpc) is 2.42. The maximum atomic E-state index is 12.0. The summed E-state index contributed by atoms with van der Waals surface area (Å²) in [6, 6.07) is 7.03. The lowest BCUT2D eigenvalue weighted by Gasteiger charge is -2.27. The molecule has 1 heterocycles. The van der Waals surface area contributed by atoms with Gasteiger partial charge in [-0.2, -0.15) is 0 Å². The number of carbonyl (C=O) groups is 1. The van der Waals surface area contributed by atoms with Gasteiger partial charge in [0, 0.05) is 37.5 Å². The van der Waals surface area contributed by atoms with Crippen LogP contribution in [0.4, 0.5) is 16.2 Å². The van der Waals surface area contributed by atoms with Crippen molar-refractivity contribution in [3.63, 3.8) is 0 Å². The fraction of sp³-hybridized carbons (Fsp3) is 0.500. The molecular weight excluding hydrogens is 242 g/mol. The molecule has 2 rings (SSSR count). The number of nitrogens with two attached hydrogens (primary N) is 1. The summed E-state index contributed by atoms with van der Waals surface area (Å²) in [7, 11) is 1.81. The summed E-state index contributed by atoms with van der Waals surface area (Å²) in [5, 5.41) is 2.85. The second-order valence-electron chi connectivity index (χ2n) is 5.02. The van der Waals surface area contributed by atoms with Crippen molar-refractivity contribution in [2.75, 3.05) is 37.9 Å². The van der Waals surface area contributed by atoms with Crippen molar-refractivity contribution in [3.05, 3.63) is 24.3 Å². The van der Waals surface area contributed by atoms with Crippen molar-refractivity contribution >= 4 is 17.4 Å². The van der Waals surface area contributed by atoms with Crippen LogP contribution in [0.3, 0.4) is 0 Å². The van der Waals surface area contributed by atoms with Crippen LogP contribution in [0, 0.1) is 5.92 Å². The van der Waals surface area contributed by atoms with E-state index in [-0.39, 0.29) is 6.03 Å². The Morgan fingerprint density at radius 1 is 1.47 bits per heavy atom. The molecule has 0 saturated carbocycles. The first kappa shape index (κ1) is 13.7. The average molecular weight is 263 g/mol. The molecular formula is C14H21N3O2. The van der Waals surface area contributed by atoms with Crippen LogP contribution in [0.5, 0.6) is 0 Å². The molecule has 1 aromatic carbocycles. The highest BCUT2D eigenvalue weighted by atomic mass is 16.5. The quantitative estimate of drug-likeness (QED) is 0.821. The highest BCUT2D eigenvalue weighted by molar-refractivity contribution is 5.89. The zero-order valence-electron chi connectivity index (χ0n) is 11.3. The first-order valence-electron chi connectivity index (χ1n) is 6.60. The van der Waals surface area contributed by atoms with Crippen LogP contribution in [0.15, 0.2) is 24.3 Å². The topological polar surface area (TPSA) is 67.6 Å². The Bertz CT molecular complexity index is 413. The Balaban J connectivity index is 1.83. The zero-order valence-corrected chi connectivity index (χ0v) is 11.3. The van der Waals surface area contributed by atoms with Gasteiger partial charge in [0.05, 0.1) is 6.61 Å². The summed E-state index contributed by atoms with van der Waals surface area (Å²) in [6.07, 6.45) is 2.21. The van der Waals surface area contributed by atoms with E-state index in [0.717, 1.165) is 38.3 Å². The van der Waals surface area contributed by atoms with Crippen LogP contribution >= 0.6 is 0 Å². The van der Waals surface area contributed by atoms with Crippen LogP contribution < -0.4 is 11.1 Å². The largest absolute Gasteiger partial charge is 0.399 e. The van der Waals surface area contributed by atoms with Crippen LogP contribution in [-0.2, 0) is 4.74 Å². The number of nitrogens with one attached hydrogen (secondary N) is 1. The second-order valence-corrected chi connectivity index (χ2v) is 5.02. The molecule has 2 amide bonds. The minimum Gasteiger partial charge on any atom is -0.399 e. The number of ether oxygens (including phenoxy) is 1. The van der Waals surface area contributed by atoms with Gasteiger partial charge in [0.2, 0.25) is 0 Å². The highest BCUT2D eigenvalue weighted by Gasteiger charge is 2.18. The van der Waals surface area contributed by atoms with Gasteiger partial charge in [-0.05, 0) is 37.1 Å². The number of carbonyl (C=O) groups excluding carboxylic acids is 1. The van der Waals surface area contributed by atoms with E-state index in [2.05, 4.69) is 5.32 Å². The Morgan fingerprint density at radius 3 is 2.84 bits per heavy atom. The molecule has 3 N–H and O–H groups in total. The molecule has 1 aliphatic rings. The van der Waals surface area contributed by atoms with E-state index in [0.29, 0.717) is 11.6 Å². The van der Waals surface area contributed by atoms with Crippen molar-refractivity contribution in [2.45, 2.75) is 12.8 Å². The fourth-order valence-electron chi connectivity index (χ4n) is 2.21. The van der Waals surface area contributed by atoms with Gasteiger partial charge in [-0.25, -0.2) is 4.79 Å². The number of urea groups is 1. The normalized spacial score (nSPS) is 18.9. The van der Waals surface area contributed by atoms with E-state index in [4.69, 9.17) is 10.5 Å². The van der Waals surface area contributed by atoms with Crippen LogP contribution in [0.1, 0.15) is 12.8 Å². The van der Waals surface area contributed by atoms with E-state index >= 15 is 0 Å². The number of nitrogens with zero attached hydrogens (tertiary/aromatic N) is 1. The molecule has 0 spiro atoms. The van der Waals surface area contributed by atoms with Crippen molar-refractivity contribution in [1.29, 1.82) is 0 Å². The number of rotatable bonds is 3. The number of amides is 2. The molecule has 1 fully saturated rings. The van der Waals surface area contributed by atoms with Crippen molar-refractivity contribution in [1.82, 2.24) is 4.90 Å². The molecule has 0 radical (unpaired) electrons. The standard InChI is InChI=1S/C14H21N3O2/c1-17(9-11-3-2-8-19-10-11)14(18)16-13-6-4-12(15)5-7-13/h4-7,11H,2-3,8-10,15H2,1H3,(H,16,18). The van der Waals surface area contributed by atoms with E-state index in [9.17, 15) is 4.79 Å². The molecule has 104 valence electrons. The lowest BCUT2D eigenvalue weighted by molar-refractivity contribution is 0.0464. The van der Waals surface area contributed by atoms with E-state index < -0.39 is 0 Å². The molecule has 0 aromatic heterocycles. The summed E-state index contributed by atoms with van der Waals surface area (Å²) in [5.74, 6) is 0.441. The third kappa shape index (κ3) is 4.13. The smallest absolute Gasteiger partial charge is 0.321 e. The number of anilines is 2. The SMILES string of the molecule is CN(CC1CCCOC1)C(=O)Nc1ccc(N)cc1. The van der Waals surface area contributed by atoms with Gasteiger partial charge < -0.3 is 20.7 Å². The fourth-order valence-corrected chi connectivity index (χ4v) is 2.21. The number of benzene rings is 1. The minimum absolute atomic E-state index is 0.102. The second kappa shape index (κ2) is 6.43. The molecule has 19 heavy (non-hydrogen) atoms. The van der Waals surface area contributed by atoms with Gasteiger partial charge in [-0.15, -0.1) is 0 Å². The van der Waals surface area contributed by atoms with E-state index in [1.54, 1.807) is 36.2 Å². The molecule has 0 aliphatic carbocycles. The molecule has 5 heteroatoms. The number of nitrogen functional groups attached to an aromatic ring is 1. The van der Waals surface area contributed by atoms with E-state index in [1.807, 2.05) is 0 Å². The Morgan fingerprint density at radius 2 is 2.21 bits per heavy atom. The summed E-state index contributed by atoms with van der Waals surface area (Å²) < 4.78 is 5.42. The molecule has 1 unspecified atom stereocenters. The third-order valence-corrected chi connectivity index (χ3v) is 3.30. The van der Waals surface area contributed by atoms with Crippen LogP contribution in [0.2, 0.25) is 0 Å². The number of hydrogen-bond donors (Lipinski definition) is 2. The molecule has 0 bridgehead atoms. The Labute approximate surface area is 113 Å². The number of hydrogen-bond acceptors (Lipinski definition) is 3. The van der Waals surface area contributed by atoms with Gasteiger partial charge in [0.15, 0.2) is 0 Å². The van der Waals surface area contributed by atoms with Gasteiger partial charge >= 0.3 is 6.03 Å². The first-order valence-corrected chi connectivity index (χ1v) is 6.60. The molecule has 1 aromatic rings. The van der Waals surface area contributed by atoms with Gasteiger partial charge in [0.1, 0.15) is 0 Å². The van der Waals surface area contributed by atoms with Crippen LogP contribution in [0.25, 0.3) is 0 Å². The summed E-state index contributed by atoms with van der Waals surface area (Å²) in [5.41, 5.74) is 7.05. The molecule has 1 saturated heterocycles. The minimum atomic E-state index is -0.102. The first-order chi connectivity index (χ1) is 9.15. The molecule has 5 nitrogen and oxygen atoms in total. The summed E-state index contributed by atoms with van der Waals surface area (Å²) >= 11 is 0. The summed E-state index contributed by atoms with van der Waals surface area (Å²) in [4.78, 5) is 13.7. The highest BCUT2D eigenvalue weighted by Crippen LogP contribution is 2.15. The molecule has 1 aliphatic heterocycles. The van der Waals surface area contributed by atoms with Crippen molar-refractivity contribution < 1.29 is 9.53 Å². The van der Waals surface area contributed by atoms with Crippen LogP contribution in [-0.4, -0.2) is 37.7 Å². The lowest BCUT2D eigenvalue weighted by Crippen LogP contribution is -2.37. The predicted molar refractivity (Wildman–Crippen MR) is 76.0 cm³/mol. The maximum absolute atomic E-state index is 12.0. The van der Waals surface area contributed by atoms with Gasteiger partial charge in [-0.3, -0.25) is 0 Å². The monoisotopic (exact) mass is 263 g/mol. The third-order valence-electron chi connectivity index (χ3n) is 3.30. The maximum Gasteiger partial charge on any atom is 0.321 e. The van der Waals surface area contributed by atoms with Gasteiger partial charge in [0.25, 0.3) is 0 Å². The predicted octanol–water partition coefficient (Wildman–Crippen LogP) is 2.16. The zero-order chi connectivity index (χ0) is 13.7. The van der Waals surface area contributed by atoms with Crippen molar-refractivity contribution in [3.8, 4) is 0 Å².